The Morgan fingerprint density at radius 2 is 1.77 bits per heavy atom. The number of rotatable bonds is 8. The fourth-order valence-corrected chi connectivity index (χ4v) is 3.61. The van der Waals surface area contributed by atoms with Gasteiger partial charge in [0, 0.05) is 30.7 Å². The normalized spacial score (nSPS) is 15.1. The second kappa shape index (κ2) is 10.3. The first-order chi connectivity index (χ1) is 15.0. The first-order valence-corrected chi connectivity index (χ1v) is 9.97. The summed E-state index contributed by atoms with van der Waals surface area (Å²) in [6.07, 6.45) is 1.45. The Morgan fingerprint density at radius 3 is 2.42 bits per heavy atom. The van der Waals surface area contributed by atoms with Gasteiger partial charge >= 0.3 is 5.97 Å². The minimum absolute atomic E-state index is 0.263. The van der Waals surface area contributed by atoms with Crippen LogP contribution in [0.3, 0.4) is 0 Å². The van der Waals surface area contributed by atoms with Crippen LogP contribution in [0, 0.1) is 5.82 Å². The zero-order chi connectivity index (χ0) is 22.3. The van der Waals surface area contributed by atoms with Gasteiger partial charge in [0.1, 0.15) is 5.82 Å². The van der Waals surface area contributed by atoms with Gasteiger partial charge in [0.25, 0.3) is 5.91 Å². The monoisotopic (exact) mass is 431 g/mol. The summed E-state index contributed by atoms with van der Waals surface area (Å²) < 4.78 is 34.1. The highest BCUT2D eigenvalue weighted by Gasteiger charge is 2.35. The van der Waals surface area contributed by atoms with Gasteiger partial charge in [0.2, 0.25) is 0 Å². The number of carbonyl (C=O) groups excluding carboxylic acids is 2. The van der Waals surface area contributed by atoms with Crippen LogP contribution < -0.4 is 14.8 Å². The Hall–Kier alpha value is -3.13. The lowest BCUT2D eigenvalue weighted by atomic mass is 9.74. The Balaban J connectivity index is 1.72. The van der Waals surface area contributed by atoms with Gasteiger partial charge in [0.05, 0.1) is 14.2 Å². The number of halogens is 1. The van der Waals surface area contributed by atoms with Gasteiger partial charge in [-0.05, 0) is 48.7 Å². The molecule has 0 saturated carbocycles. The summed E-state index contributed by atoms with van der Waals surface area (Å²) in [5.74, 6) is -0.429. The average Bonchev–Trinajstić information content (AvgIpc) is 2.81. The predicted octanol–water partition coefficient (Wildman–Crippen LogP) is 2.86. The molecule has 3 rings (SSSR count). The highest BCUT2D eigenvalue weighted by Crippen LogP contribution is 2.35. The van der Waals surface area contributed by atoms with Crippen LogP contribution in [-0.4, -0.2) is 52.5 Å². The second-order valence-corrected chi connectivity index (χ2v) is 7.31. The number of hydrogen-bond acceptors (Lipinski definition) is 6. The van der Waals surface area contributed by atoms with Crippen LogP contribution in [-0.2, 0) is 19.7 Å². The largest absolute Gasteiger partial charge is 0.493 e. The first-order valence-electron chi connectivity index (χ1n) is 9.97. The number of benzene rings is 2. The van der Waals surface area contributed by atoms with Gasteiger partial charge in [0.15, 0.2) is 18.1 Å². The summed E-state index contributed by atoms with van der Waals surface area (Å²) in [7, 11) is 2.72. The minimum Gasteiger partial charge on any atom is -0.493 e. The third-order valence-corrected chi connectivity index (χ3v) is 5.49. The van der Waals surface area contributed by atoms with Crippen molar-refractivity contribution >= 4 is 11.9 Å². The Kier molecular flexibility index (Phi) is 7.46. The average molecular weight is 431 g/mol. The van der Waals surface area contributed by atoms with Crippen LogP contribution in [0.25, 0.3) is 0 Å². The zero-order valence-corrected chi connectivity index (χ0v) is 17.6. The molecule has 0 bridgehead atoms. The summed E-state index contributed by atoms with van der Waals surface area (Å²) in [6, 6.07) is 11.1. The van der Waals surface area contributed by atoms with E-state index in [1.54, 1.807) is 30.3 Å². The summed E-state index contributed by atoms with van der Waals surface area (Å²) >= 11 is 0. The van der Waals surface area contributed by atoms with E-state index in [0.717, 1.165) is 18.4 Å². The minimum atomic E-state index is -0.522. The van der Waals surface area contributed by atoms with E-state index in [1.807, 2.05) is 0 Å². The van der Waals surface area contributed by atoms with Crippen LogP contribution in [0.4, 0.5) is 4.39 Å². The van der Waals surface area contributed by atoms with Gasteiger partial charge in [-0.1, -0.05) is 12.1 Å². The summed E-state index contributed by atoms with van der Waals surface area (Å²) in [5, 5.41) is 2.99. The molecule has 31 heavy (non-hydrogen) atoms. The molecule has 1 fully saturated rings. The maximum atomic E-state index is 13.4. The van der Waals surface area contributed by atoms with Crippen molar-refractivity contribution in [3.05, 3.63) is 59.4 Å². The van der Waals surface area contributed by atoms with Gasteiger partial charge in [-0.15, -0.1) is 0 Å². The van der Waals surface area contributed by atoms with E-state index in [-0.39, 0.29) is 23.7 Å². The van der Waals surface area contributed by atoms with Crippen molar-refractivity contribution in [2.24, 2.45) is 0 Å². The molecule has 1 saturated heterocycles. The molecule has 0 atom stereocenters. The summed E-state index contributed by atoms with van der Waals surface area (Å²) in [6.45, 7) is 1.28. The maximum absolute atomic E-state index is 13.4. The quantitative estimate of drug-likeness (QED) is 0.648. The van der Waals surface area contributed by atoms with E-state index in [1.165, 1.54) is 26.4 Å². The number of amides is 1. The number of methoxy groups -OCH3 is 2. The molecule has 2 aromatic rings. The smallest absolute Gasteiger partial charge is 0.343 e. The van der Waals surface area contributed by atoms with E-state index < -0.39 is 5.97 Å². The Morgan fingerprint density at radius 1 is 1.06 bits per heavy atom. The number of ether oxygens (including phenoxy) is 4. The lowest BCUT2D eigenvalue weighted by Gasteiger charge is -2.38. The number of nitrogens with one attached hydrogen (secondary N) is 1. The van der Waals surface area contributed by atoms with Gasteiger partial charge in [-0.2, -0.15) is 0 Å². The molecule has 0 spiro atoms. The molecule has 1 N–H and O–H groups in total. The Bertz CT molecular complexity index is 909. The molecule has 1 aliphatic heterocycles. The molecule has 7 nitrogen and oxygen atoms in total. The third kappa shape index (κ3) is 5.52. The van der Waals surface area contributed by atoms with Crippen molar-refractivity contribution in [2.45, 2.75) is 18.3 Å². The lowest BCUT2D eigenvalue weighted by molar-refractivity contribution is -0.142. The molecule has 0 radical (unpaired) electrons. The molecule has 2 aromatic carbocycles. The van der Waals surface area contributed by atoms with Crippen LogP contribution in [0.15, 0.2) is 42.5 Å². The van der Waals surface area contributed by atoms with Crippen molar-refractivity contribution in [1.29, 1.82) is 0 Å². The molecule has 1 amide bonds. The molecule has 1 aliphatic rings. The molecule has 0 aliphatic carbocycles. The molecular formula is C23H26FNO6. The second-order valence-electron chi connectivity index (χ2n) is 7.31. The SMILES string of the molecule is COC(=O)COc1ccc(C(=O)NCC2(c3ccc(F)cc3)CCOCC2)cc1OC. The van der Waals surface area contributed by atoms with Crippen LogP contribution in [0.1, 0.15) is 28.8 Å². The van der Waals surface area contributed by atoms with Crippen molar-refractivity contribution in [3.8, 4) is 11.5 Å². The van der Waals surface area contributed by atoms with E-state index in [4.69, 9.17) is 14.2 Å². The molecule has 0 aromatic heterocycles. The molecule has 1 heterocycles. The summed E-state index contributed by atoms with van der Waals surface area (Å²) in [5.41, 5.74) is 1.04. The van der Waals surface area contributed by atoms with Gasteiger partial charge in [-0.3, -0.25) is 4.79 Å². The maximum Gasteiger partial charge on any atom is 0.343 e. The van der Waals surface area contributed by atoms with E-state index in [0.29, 0.717) is 36.8 Å². The van der Waals surface area contributed by atoms with Gasteiger partial charge in [-0.25, -0.2) is 9.18 Å². The van der Waals surface area contributed by atoms with Crippen LogP contribution in [0.5, 0.6) is 11.5 Å². The third-order valence-electron chi connectivity index (χ3n) is 5.49. The molecule has 166 valence electrons. The summed E-state index contributed by atoms with van der Waals surface area (Å²) in [4.78, 5) is 24.1. The van der Waals surface area contributed by atoms with E-state index in [9.17, 15) is 14.0 Å². The van der Waals surface area contributed by atoms with Crippen molar-refractivity contribution in [3.63, 3.8) is 0 Å². The number of carbonyl (C=O) groups is 2. The van der Waals surface area contributed by atoms with Crippen LogP contribution in [0.2, 0.25) is 0 Å². The highest BCUT2D eigenvalue weighted by atomic mass is 19.1. The predicted molar refractivity (Wildman–Crippen MR) is 111 cm³/mol. The molecule has 8 heteroatoms. The van der Waals surface area contributed by atoms with Crippen molar-refractivity contribution in [1.82, 2.24) is 5.32 Å². The van der Waals surface area contributed by atoms with Gasteiger partial charge < -0.3 is 24.3 Å². The number of hydrogen-bond donors (Lipinski definition) is 1. The fourth-order valence-electron chi connectivity index (χ4n) is 3.61. The van der Waals surface area contributed by atoms with Crippen molar-refractivity contribution < 1.29 is 32.9 Å². The lowest BCUT2D eigenvalue weighted by Crippen LogP contribution is -2.44. The molecule has 0 unspecified atom stereocenters. The Labute approximate surface area is 180 Å². The van der Waals surface area contributed by atoms with Crippen LogP contribution >= 0.6 is 0 Å². The van der Waals surface area contributed by atoms with E-state index in [2.05, 4.69) is 10.1 Å². The fraction of sp³-hybridized carbons (Fsp3) is 0.391. The molecular weight excluding hydrogens is 405 g/mol. The topological polar surface area (TPSA) is 83.1 Å². The first kappa shape index (κ1) is 22.6. The standard InChI is InChI=1S/C23H26FNO6/c1-28-20-13-16(3-8-19(20)31-14-21(26)29-2)22(27)25-15-23(9-11-30-12-10-23)17-4-6-18(24)7-5-17/h3-8,13H,9-12,14-15H2,1-2H3,(H,25,27). The highest BCUT2D eigenvalue weighted by molar-refractivity contribution is 5.95. The number of esters is 1. The van der Waals surface area contributed by atoms with E-state index >= 15 is 0 Å². The zero-order valence-electron chi connectivity index (χ0n) is 17.6. The van der Waals surface area contributed by atoms with Crippen molar-refractivity contribution in [2.75, 3.05) is 40.6 Å².